The first-order chi connectivity index (χ1) is 9.91. The lowest BCUT2D eigenvalue weighted by molar-refractivity contribution is -0.136. The molecule has 0 aliphatic carbocycles. The fraction of sp³-hybridized carbons (Fsp3) is 0.214. The highest BCUT2D eigenvalue weighted by Gasteiger charge is 2.19. The van der Waals surface area contributed by atoms with E-state index in [1.807, 2.05) is 35.9 Å². The van der Waals surface area contributed by atoms with Crippen molar-refractivity contribution < 1.29 is 14.7 Å². The molecule has 0 spiro atoms. The number of primary amides is 1. The summed E-state index contributed by atoms with van der Waals surface area (Å²) in [7, 11) is 1.83. The number of rotatable bonds is 4. The summed E-state index contributed by atoms with van der Waals surface area (Å²) < 4.78 is 1.86. The normalized spacial score (nSPS) is 11.6. The van der Waals surface area contributed by atoms with Crippen LogP contribution < -0.4 is 11.2 Å². The van der Waals surface area contributed by atoms with Crippen LogP contribution in [0.1, 0.15) is 18.2 Å². The number of benzene rings is 1. The molecule has 7 nitrogen and oxygen atoms in total. The summed E-state index contributed by atoms with van der Waals surface area (Å²) >= 11 is 0. The molecule has 0 saturated carbocycles. The second-order valence-corrected chi connectivity index (χ2v) is 4.65. The Hall–Kier alpha value is -2.83. The number of nitrogens with zero attached hydrogens (tertiary/aromatic N) is 2. The van der Waals surface area contributed by atoms with Gasteiger partial charge in [0.05, 0.1) is 17.8 Å². The van der Waals surface area contributed by atoms with Crippen molar-refractivity contribution in [3.05, 3.63) is 35.5 Å². The highest BCUT2D eigenvalue weighted by molar-refractivity contribution is 6.06. The van der Waals surface area contributed by atoms with Crippen molar-refractivity contribution in [2.45, 2.75) is 13.3 Å². The van der Waals surface area contributed by atoms with E-state index in [2.05, 4.69) is 10.5 Å². The van der Waals surface area contributed by atoms with E-state index in [-0.39, 0.29) is 6.42 Å². The molecule has 0 saturated heterocycles. The third kappa shape index (κ3) is 2.86. The Morgan fingerprint density at radius 2 is 2.05 bits per heavy atom. The van der Waals surface area contributed by atoms with Crippen LogP contribution in [0.4, 0.5) is 4.79 Å². The molecule has 0 atom stereocenters. The molecule has 0 radical (unpaired) electrons. The maximum Gasteiger partial charge on any atom is 0.332 e. The number of aliphatic carboxylic acids is 1. The number of hydrazone groups is 1. The van der Waals surface area contributed by atoms with Gasteiger partial charge in [0.2, 0.25) is 0 Å². The van der Waals surface area contributed by atoms with Crippen molar-refractivity contribution in [1.29, 1.82) is 0 Å². The molecule has 2 rings (SSSR count). The molecule has 7 heteroatoms. The average Bonchev–Trinajstić information content (AvgIpc) is 2.69. The van der Waals surface area contributed by atoms with Gasteiger partial charge in [-0.05, 0) is 18.6 Å². The van der Waals surface area contributed by atoms with Crippen LogP contribution >= 0.6 is 0 Å². The van der Waals surface area contributed by atoms with Crippen molar-refractivity contribution in [1.82, 2.24) is 9.99 Å². The molecule has 0 fully saturated rings. The highest BCUT2D eigenvalue weighted by Crippen LogP contribution is 2.26. The second kappa shape index (κ2) is 5.66. The lowest BCUT2D eigenvalue weighted by atomic mass is 10.1. The fourth-order valence-corrected chi connectivity index (χ4v) is 2.45. The van der Waals surface area contributed by atoms with Gasteiger partial charge in [-0.25, -0.2) is 10.2 Å². The SMILES string of the molecule is C/C(=N\NC(N)=O)c1c(CC(=O)O)c2ccccc2n1C. The smallest absolute Gasteiger partial charge is 0.332 e. The number of amides is 2. The van der Waals surface area contributed by atoms with Crippen LogP contribution in [-0.2, 0) is 18.3 Å². The predicted octanol–water partition coefficient (Wildman–Crippen LogP) is 1.20. The van der Waals surface area contributed by atoms with Crippen molar-refractivity contribution >= 4 is 28.6 Å². The number of fused-ring (bicyclic) bond motifs is 1. The third-order valence-corrected chi connectivity index (χ3v) is 3.22. The number of carbonyl (C=O) groups is 2. The Morgan fingerprint density at radius 3 is 2.67 bits per heavy atom. The van der Waals surface area contributed by atoms with Crippen molar-refractivity contribution in [2.75, 3.05) is 0 Å². The van der Waals surface area contributed by atoms with Crippen molar-refractivity contribution in [3.8, 4) is 0 Å². The van der Waals surface area contributed by atoms with Crippen LogP contribution in [-0.4, -0.2) is 27.4 Å². The minimum absolute atomic E-state index is 0.125. The largest absolute Gasteiger partial charge is 0.481 e. The van der Waals surface area contributed by atoms with E-state index in [1.165, 1.54) is 0 Å². The van der Waals surface area contributed by atoms with E-state index in [9.17, 15) is 9.59 Å². The van der Waals surface area contributed by atoms with Gasteiger partial charge in [-0.2, -0.15) is 5.10 Å². The number of nitrogens with two attached hydrogens (primary N) is 1. The number of hydrogen-bond donors (Lipinski definition) is 3. The second-order valence-electron chi connectivity index (χ2n) is 4.65. The Bertz CT molecular complexity index is 746. The zero-order valence-corrected chi connectivity index (χ0v) is 11.8. The van der Waals surface area contributed by atoms with Crippen LogP contribution in [0.15, 0.2) is 29.4 Å². The summed E-state index contributed by atoms with van der Waals surface area (Å²) in [5.41, 5.74) is 9.86. The molecule has 2 aromatic rings. The standard InChI is InChI=1S/C14H16N4O3/c1-8(16-17-14(15)21)13-10(7-12(19)20)9-5-3-4-6-11(9)18(13)2/h3-6H,7H2,1-2H3,(H,19,20)(H3,15,17,21)/b16-8+. The van der Waals surface area contributed by atoms with Gasteiger partial charge in [0.15, 0.2) is 0 Å². The summed E-state index contributed by atoms with van der Waals surface area (Å²) in [6.45, 7) is 1.69. The van der Waals surface area contributed by atoms with E-state index in [4.69, 9.17) is 10.8 Å². The molecule has 1 aromatic heterocycles. The van der Waals surface area contributed by atoms with Gasteiger partial charge in [0, 0.05) is 18.0 Å². The van der Waals surface area contributed by atoms with Gasteiger partial charge in [-0.3, -0.25) is 4.79 Å². The van der Waals surface area contributed by atoms with Crippen LogP contribution in [0, 0.1) is 0 Å². The molecule has 2 amide bonds. The van der Waals surface area contributed by atoms with Gasteiger partial charge >= 0.3 is 12.0 Å². The molecule has 1 aromatic carbocycles. The molecular weight excluding hydrogens is 272 g/mol. The third-order valence-electron chi connectivity index (χ3n) is 3.22. The first-order valence-electron chi connectivity index (χ1n) is 6.30. The molecule has 4 N–H and O–H groups in total. The zero-order valence-electron chi connectivity index (χ0n) is 11.8. The van der Waals surface area contributed by atoms with Gasteiger partial charge in [0.1, 0.15) is 0 Å². The van der Waals surface area contributed by atoms with Gasteiger partial charge in [-0.1, -0.05) is 18.2 Å². The van der Waals surface area contributed by atoms with E-state index in [1.54, 1.807) is 6.92 Å². The molecule has 0 bridgehead atoms. The number of carboxylic acid groups (broad SMARTS) is 1. The van der Waals surface area contributed by atoms with Crippen LogP contribution in [0.2, 0.25) is 0 Å². The molecule has 1 heterocycles. The minimum Gasteiger partial charge on any atom is -0.481 e. The van der Waals surface area contributed by atoms with Gasteiger partial charge < -0.3 is 15.4 Å². The number of carboxylic acids is 1. The predicted molar refractivity (Wildman–Crippen MR) is 79.2 cm³/mol. The van der Waals surface area contributed by atoms with Crippen molar-refractivity contribution in [3.63, 3.8) is 0 Å². The van der Waals surface area contributed by atoms with Gasteiger partial charge in [0.25, 0.3) is 0 Å². The van der Waals surface area contributed by atoms with E-state index in [0.717, 1.165) is 10.9 Å². The fourth-order valence-electron chi connectivity index (χ4n) is 2.45. The Morgan fingerprint density at radius 1 is 1.38 bits per heavy atom. The first kappa shape index (κ1) is 14.6. The Labute approximate surface area is 121 Å². The lowest BCUT2D eigenvalue weighted by Crippen LogP contribution is -2.26. The number of urea groups is 1. The van der Waals surface area contributed by atoms with Crippen LogP contribution in [0.5, 0.6) is 0 Å². The Balaban J connectivity index is 2.65. The summed E-state index contributed by atoms with van der Waals surface area (Å²) in [4.78, 5) is 21.9. The summed E-state index contributed by atoms with van der Waals surface area (Å²) in [5, 5.41) is 13.9. The van der Waals surface area contributed by atoms with Crippen LogP contribution in [0.25, 0.3) is 10.9 Å². The minimum atomic E-state index is -0.928. The topological polar surface area (TPSA) is 110 Å². The maximum atomic E-state index is 11.1. The summed E-state index contributed by atoms with van der Waals surface area (Å²) in [6, 6.07) is 6.73. The van der Waals surface area contributed by atoms with Gasteiger partial charge in [-0.15, -0.1) is 0 Å². The molecule has 110 valence electrons. The average molecular weight is 288 g/mol. The summed E-state index contributed by atoms with van der Waals surface area (Å²) in [5.74, 6) is -0.928. The van der Waals surface area contributed by atoms with Crippen LogP contribution in [0.3, 0.4) is 0 Å². The molecule has 0 aliphatic heterocycles. The molecule has 21 heavy (non-hydrogen) atoms. The highest BCUT2D eigenvalue weighted by atomic mass is 16.4. The number of nitrogens with one attached hydrogen (secondary N) is 1. The monoisotopic (exact) mass is 288 g/mol. The number of aryl methyl sites for hydroxylation is 1. The van der Waals surface area contributed by atoms with E-state index < -0.39 is 12.0 Å². The number of hydrogen-bond acceptors (Lipinski definition) is 3. The molecular formula is C14H16N4O3. The quantitative estimate of drug-likeness (QED) is 0.580. The number of aromatic nitrogens is 1. The molecule has 0 unspecified atom stereocenters. The Kier molecular flexibility index (Phi) is 3.93. The lowest BCUT2D eigenvalue weighted by Gasteiger charge is -2.06. The maximum absolute atomic E-state index is 11.1. The molecule has 0 aliphatic rings. The van der Waals surface area contributed by atoms with Crippen molar-refractivity contribution in [2.24, 2.45) is 17.9 Å². The first-order valence-corrected chi connectivity index (χ1v) is 6.30. The number of carbonyl (C=O) groups excluding carboxylic acids is 1. The zero-order chi connectivity index (χ0) is 15.6. The summed E-state index contributed by atoms with van der Waals surface area (Å²) in [6.07, 6.45) is -0.125. The van der Waals surface area contributed by atoms with E-state index in [0.29, 0.717) is 17.0 Å². The number of para-hydroxylation sites is 1. The van der Waals surface area contributed by atoms with E-state index >= 15 is 0 Å².